The monoisotopic (exact) mass is 230 g/mol. The molecule has 0 aromatic carbocycles. The van der Waals surface area contributed by atoms with Crippen LogP contribution in [0.3, 0.4) is 0 Å². The summed E-state index contributed by atoms with van der Waals surface area (Å²) in [4.78, 5) is 0. The first-order chi connectivity index (χ1) is 7.76. The van der Waals surface area contributed by atoms with E-state index in [-0.39, 0.29) is 12.3 Å². The fraction of sp³-hybridized carbons (Fsp3) is 1.00. The van der Waals surface area contributed by atoms with Crippen LogP contribution in [0.2, 0.25) is 0 Å². The van der Waals surface area contributed by atoms with E-state index in [1.54, 1.807) is 14.2 Å². The van der Waals surface area contributed by atoms with Crippen molar-refractivity contribution in [1.82, 2.24) is 5.43 Å². The van der Waals surface area contributed by atoms with Crippen LogP contribution in [0, 0.1) is 11.8 Å². The molecule has 0 aromatic rings. The SMILES string of the molecule is CCC1CCCC(C(NN)C(OC)OC)C1. The second-order valence-corrected chi connectivity index (χ2v) is 4.73. The van der Waals surface area contributed by atoms with Crippen LogP contribution in [-0.2, 0) is 9.47 Å². The Hall–Kier alpha value is -0.160. The van der Waals surface area contributed by atoms with E-state index in [1.807, 2.05) is 0 Å². The molecule has 3 atom stereocenters. The van der Waals surface area contributed by atoms with Gasteiger partial charge in [-0.3, -0.25) is 11.3 Å². The topological polar surface area (TPSA) is 56.5 Å². The van der Waals surface area contributed by atoms with Gasteiger partial charge in [0.15, 0.2) is 6.29 Å². The van der Waals surface area contributed by atoms with Crippen molar-refractivity contribution in [3.05, 3.63) is 0 Å². The van der Waals surface area contributed by atoms with Gasteiger partial charge < -0.3 is 9.47 Å². The number of nitrogens with two attached hydrogens (primary N) is 1. The predicted octanol–water partition coefficient (Wildman–Crippen LogP) is 1.65. The number of hydrogen-bond acceptors (Lipinski definition) is 4. The van der Waals surface area contributed by atoms with Gasteiger partial charge in [0, 0.05) is 14.2 Å². The zero-order chi connectivity index (χ0) is 12.0. The van der Waals surface area contributed by atoms with Crippen LogP contribution in [0.5, 0.6) is 0 Å². The highest BCUT2D eigenvalue weighted by Crippen LogP contribution is 2.34. The van der Waals surface area contributed by atoms with Crippen molar-refractivity contribution >= 4 is 0 Å². The number of hydrazine groups is 1. The van der Waals surface area contributed by atoms with E-state index < -0.39 is 0 Å². The molecule has 4 nitrogen and oxygen atoms in total. The maximum absolute atomic E-state index is 5.63. The Morgan fingerprint density at radius 2 is 2.00 bits per heavy atom. The Bertz CT molecular complexity index is 186. The van der Waals surface area contributed by atoms with E-state index in [1.165, 1.54) is 32.1 Å². The third kappa shape index (κ3) is 3.42. The Balaban J connectivity index is 2.57. The zero-order valence-corrected chi connectivity index (χ0v) is 10.7. The van der Waals surface area contributed by atoms with Gasteiger partial charge in [-0.2, -0.15) is 0 Å². The Morgan fingerprint density at radius 1 is 1.31 bits per heavy atom. The molecule has 0 spiro atoms. The van der Waals surface area contributed by atoms with E-state index in [0.29, 0.717) is 5.92 Å². The lowest BCUT2D eigenvalue weighted by atomic mass is 9.77. The van der Waals surface area contributed by atoms with Gasteiger partial charge >= 0.3 is 0 Å². The summed E-state index contributed by atoms with van der Waals surface area (Å²) < 4.78 is 10.6. The average molecular weight is 230 g/mol. The van der Waals surface area contributed by atoms with E-state index >= 15 is 0 Å². The minimum Gasteiger partial charge on any atom is -0.354 e. The van der Waals surface area contributed by atoms with Crippen molar-refractivity contribution < 1.29 is 9.47 Å². The van der Waals surface area contributed by atoms with Crippen LogP contribution < -0.4 is 11.3 Å². The highest BCUT2D eigenvalue weighted by Gasteiger charge is 2.32. The van der Waals surface area contributed by atoms with Gasteiger partial charge in [0.1, 0.15) is 0 Å². The van der Waals surface area contributed by atoms with E-state index in [0.717, 1.165) is 5.92 Å². The molecule has 0 heterocycles. The average Bonchev–Trinajstić information content (AvgIpc) is 2.35. The number of methoxy groups -OCH3 is 2. The van der Waals surface area contributed by atoms with Crippen LogP contribution in [0.15, 0.2) is 0 Å². The van der Waals surface area contributed by atoms with E-state index in [9.17, 15) is 0 Å². The second kappa shape index (κ2) is 7.22. The molecule has 1 rings (SSSR count). The van der Waals surface area contributed by atoms with Gasteiger partial charge in [-0.05, 0) is 24.7 Å². The van der Waals surface area contributed by atoms with Crippen molar-refractivity contribution in [2.45, 2.75) is 51.4 Å². The van der Waals surface area contributed by atoms with Crippen molar-refractivity contribution in [1.29, 1.82) is 0 Å². The Morgan fingerprint density at radius 3 is 2.50 bits per heavy atom. The van der Waals surface area contributed by atoms with Crippen molar-refractivity contribution in [3.8, 4) is 0 Å². The minimum absolute atomic E-state index is 0.101. The molecule has 1 aliphatic rings. The fourth-order valence-corrected chi connectivity index (χ4v) is 2.86. The van der Waals surface area contributed by atoms with Gasteiger partial charge in [0.2, 0.25) is 0 Å². The van der Waals surface area contributed by atoms with Crippen molar-refractivity contribution in [3.63, 3.8) is 0 Å². The molecule has 3 unspecified atom stereocenters. The molecule has 0 aliphatic heterocycles. The summed E-state index contributed by atoms with van der Waals surface area (Å²) in [6.07, 6.45) is 6.11. The summed E-state index contributed by atoms with van der Waals surface area (Å²) in [6, 6.07) is 0.101. The standard InChI is InChI=1S/C12H26N2O2/c1-4-9-6-5-7-10(8-9)11(14-13)12(15-2)16-3/h9-12,14H,4-8,13H2,1-3H3. The first-order valence-corrected chi connectivity index (χ1v) is 6.28. The molecule has 1 aliphatic carbocycles. The smallest absolute Gasteiger partial charge is 0.173 e. The molecule has 0 radical (unpaired) electrons. The van der Waals surface area contributed by atoms with Crippen molar-refractivity contribution in [2.75, 3.05) is 14.2 Å². The molecule has 4 heteroatoms. The highest BCUT2D eigenvalue weighted by atomic mass is 16.7. The molecule has 0 saturated heterocycles. The Labute approximate surface area is 98.8 Å². The van der Waals surface area contributed by atoms with E-state index in [4.69, 9.17) is 15.3 Å². The first kappa shape index (κ1) is 13.9. The lowest BCUT2D eigenvalue weighted by molar-refractivity contribution is -0.136. The molecule has 0 amide bonds. The highest BCUT2D eigenvalue weighted by molar-refractivity contribution is 4.83. The largest absolute Gasteiger partial charge is 0.354 e. The Kier molecular flexibility index (Phi) is 6.28. The van der Waals surface area contributed by atoms with Crippen LogP contribution in [-0.4, -0.2) is 26.6 Å². The summed E-state index contributed by atoms with van der Waals surface area (Å²) in [5.41, 5.74) is 2.87. The number of ether oxygens (including phenoxy) is 2. The molecular formula is C12H26N2O2. The van der Waals surface area contributed by atoms with Gasteiger partial charge in [0.25, 0.3) is 0 Å². The third-order valence-corrected chi connectivity index (χ3v) is 3.86. The molecule has 96 valence electrons. The predicted molar refractivity (Wildman–Crippen MR) is 64.7 cm³/mol. The summed E-state index contributed by atoms with van der Waals surface area (Å²) in [5, 5.41) is 0. The molecule has 1 fully saturated rings. The van der Waals surface area contributed by atoms with Gasteiger partial charge in [-0.25, -0.2) is 0 Å². The quantitative estimate of drug-likeness (QED) is 0.414. The molecule has 16 heavy (non-hydrogen) atoms. The molecule has 3 N–H and O–H groups in total. The summed E-state index contributed by atoms with van der Waals surface area (Å²) in [5.74, 6) is 7.03. The minimum atomic E-state index is -0.245. The summed E-state index contributed by atoms with van der Waals surface area (Å²) in [6.45, 7) is 2.27. The van der Waals surface area contributed by atoms with E-state index in [2.05, 4.69) is 12.3 Å². The van der Waals surface area contributed by atoms with Crippen LogP contribution >= 0.6 is 0 Å². The van der Waals surface area contributed by atoms with Crippen molar-refractivity contribution in [2.24, 2.45) is 17.7 Å². The second-order valence-electron chi connectivity index (χ2n) is 4.73. The van der Waals surface area contributed by atoms with Crippen LogP contribution in [0.1, 0.15) is 39.0 Å². The van der Waals surface area contributed by atoms with Gasteiger partial charge in [-0.1, -0.05) is 26.2 Å². The normalized spacial score (nSPS) is 28.3. The summed E-state index contributed by atoms with van der Waals surface area (Å²) >= 11 is 0. The van der Waals surface area contributed by atoms with Gasteiger partial charge in [-0.15, -0.1) is 0 Å². The molecule has 1 saturated carbocycles. The lowest BCUT2D eigenvalue weighted by Gasteiger charge is -2.36. The lowest BCUT2D eigenvalue weighted by Crippen LogP contribution is -2.51. The first-order valence-electron chi connectivity index (χ1n) is 6.28. The molecule has 0 bridgehead atoms. The third-order valence-electron chi connectivity index (χ3n) is 3.86. The number of rotatable bonds is 6. The molecule has 0 aromatic heterocycles. The maximum atomic E-state index is 5.63. The summed E-state index contributed by atoms with van der Waals surface area (Å²) in [7, 11) is 3.33. The fourth-order valence-electron chi connectivity index (χ4n) is 2.86. The van der Waals surface area contributed by atoms with Gasteiger partial charge in [0.05, 0.1) is 6.04 Å². The number of nitrogens with one attached hydrogen (secondary N) is 1. The van der Waals surface area contributed by atoms with Crippen LogP contribution in [0.25, 0.3) is 0 Å². The van der Waals surface area contributed by atoms with Crippen LogP contribution in [0.4, 0.5) is 0 Å². The number of hydrogen-bond donors (Lipinski definition) is 2. The zero-order valence-electron chi connectivity index (χ0n) is 10.7. The molecular weight excluding hydrogens is 204 g/mol. The maximum Gasteiger partial charge on any atom is 0.173 e.